The van der Waals surface area contributed by atoms with E-state index in [-0.39, 0.29) is 0 Å². The van der Waals surface area contributed by atoms with Crippen molar-refractivity contribution in [3.05, 3.63) is 156 Å². The van der Waals surface area contributed by atoms with Crippen molar-refractivity contribution in [2.45, 2.75) is 25.7 Å². The minimum atomic E-state index is 0.702. The molecular formula is C46H32N2O. The average Bonchev–Trinajstić information content (AvgIpc) is 3.57. The number of fused-ring (bicyclic) bond motifs is 9. The zero-order valence-corrected chi connectivity index (χ0v) is 27.0. The molecule has 0 atom stereocenters. The predicted molar refractivity (Wildman–Crippen MR) is 203 cm³/mol. The largest absolute Gasteiger partial charge is 0.456 e. The Morgan fingerprint density at radius 1 is 0.469 bits per heavy atom. The zero-order valence-electron chi connectivity index (χ0n) is 27.0. The first-order chi connectivity index (χ1) is 24.3. The van der Waals surface area contributed by atoms with Crippen molar-refractivity contribution >= 4 is 44.9 Å². The maximum atomic E-state index is 6.48. The summed E-state index contributed by atoms with van der Waals surface area (Å²) in [6.45, 7) is 0. The molecule has 232 valence electrons. The fraction of sp³-hybridized carbons (Fsp3) is 0.0870. The Morgan fingerprint density at radius 2 is 1.12 bits per heavy atom. The summed E-state index contributed by atoms with van der Waals surface area (Å²) in [4.78, 5) is 10.2. The molecule has 0 fully saturated rings. The lowest BCUT2D eigenvalue weighted by Gasteiger charge is -2.24. The van der Waals surface area contributed by atoms with Gasteiger partial charge in [-0.3, -0.25) is 0 Å². The predicted octanol–water partition coefficient (Wildman–Crippen LogP) is 12.1. The van der Waals surface area contributed by atoms with Gasteiger partial charge in [-0.2, -0.15) is 0 Å². The van der Waals surface area contributed by atoms with Crippen LogP contribution in [0.25, 0.3) is 89.9 Å². The third kappa shape index (κ3) is 4.65. The molecule has 0 saturated heterocycles. The number of rotatable bonds is 4. The van der Waals surface area contributed by atoms with Crippen LogP contribution >= 0.6 is 0 Å². The molecule has 6 aromatic carbocycles. The first-order valence-corrected chi connectivity index (χ1v) is 17.2. The molecule has 10 rings (SSSR count). The van der Waals surface area contributed by atoms with Crippen molar-refractivity contribution in [1.82, 2.24) is 9.97 Å². The molecule has 3 heteroatoms. The Bertz CT molecular complexity index is 2590. The Hall–Kier alpha value is -6.06. The summed E-state index contributed by atoms with van der Waals surface area (Å²) in [5.74, 6) is 0.702. The van der Waals surface area contributed by atoms with Gasteiger partial charge in [0, 0.05) is 27.5 Å². The zero-order chi connectivity index (χ0) is 32.3. The summed E-state index contributed by atoms with van der Waals surface area (Å²) in [6, 6.07) is 42.6. The van der Waals surface area contributed by atoms with E-state index in [1.165, 1.54) is 33.0 Å². The van der Waals surface area contributed by atoms with Crippen LogP contribution in [0.3, 0.4) is 0 Å². The van der Waals surface area contributed by atoms with Gasteiger partial charge < -0.3 is 4.42 Å². The Labute approximate surface area is 284 Å². The first kappa shape index (κ1) is 28.0. The quantitative estimate of drug-likeness (QED) is 0.195. The van der Waals surface area contributed by atoms with Gasteiger partial charge in [0.1, 0.15) is 11.2 Å². The fourth-order valence-corrected chi connectivity index (χ4v) is 7.92. The first-order valence-electron chi connectivity index (χ1n) is 17.2. The van der Waals surface area contributed by atoms with Crippen LogP contribution in [0.5, 0.6) is 0 Å². The molecule has 0 radical (unpaired) electrons. The molecule has 2 aromatic heterocycles. The van der Waals surface area contributed by atoms with Gasteiger partial charge in [0.2, 0.25) is 0 Å². The topological polar surface area (TPSA) is 38.9 Å². The smallest absolute Gasteiger partial charge is 0.160 e. The van der Waals surface area contributed by atoms with E-state index in [4.69, 9.17) is 14.4 Å². The van der Waals surface area contributed by atoms with E-state index < -0.39 is 0 Å². The lowest BCUT2D eigenvalue weighted by molar-refractivity contribution is 0.669. The molecule has 0 spiro atoms. The van der Waals surface area contributed by atoms with Crippen LogP contribution in [0.2, 0.25) is 0 Å². The van der Waals surface area contributed by atoms with Crippen LogP contribution < -0.4 is 0 Å². The molecule has 0 bridgehead atoms. The number of nitrogens with zero attached hydrogens (tertiary/aromatic N) is 2. The molecule has 8 aromatic rings. The number of benzene rings is 6. The standard InChI is InChI=1S/C46H32N2O/c1-3-12-29(13-4-1)41-28-42(48-46(47-41)30-14-5-2-6-15-30)38-20-11-21-44-45(38)40-27-32(23-25-43(40)49-44)31-22-24-37-35-18-8-7-16-33(35)34-17-9-10-19-36(34)39(37)26-31/h1-6,8,10-15,18-28H,7,9,16-17H2. The number of allylic oxidation sites excluding steroid dienone is 2. The van der Waals surface area contributed by atoms with Crippen molar-refractivity contribution in [3.63, 3.8) is 0 Å². The number of hydrogen-bond acceptors (Lipinski definition) is 3. The average molecular weight is 629 g/mol. The number of furan rings is 1. The highest BCUT2D eigenvalue weighted by Crippen LogP contribution is 2.42. The summed E-state index contributed by atoms with van der Waals surface area (Å²) in [5, 5.41) is 4.84. The van der Waals surface area contributed by atoms with Crippen LogP contribution in [-0.2, 0) is 12.8 Å². The lowest BCUT2D eigenvalue weighted by Crippen LogP contribution is -2.07. The Morgan fingerprint density at radius 3 is 1.88 bits per heavy atom. The molecule has 0 saturated carbocycles. The van der Waals surface area contributed by atoms with Gasteiger partial charge in [0.15, 0.2) is 5.82 Å². The van der Waals surface area contributed by atoms with Crippen molar-refractivity contribution in [2.75, 3.05) is 0 Å². The van der Waals surface area contributed by atoms with Crippen molar-refractivity contribution in [3.8, 4) is 45.0 Å². The third-order valence-electron chi connectivity index (χ3n) is 10.2. The summed E-state index contributed by atoms with van der Waals surface area (Å²) < 4.78 is 6.48. The van der Waals surface area contributed by atoms with Crippen LogP contribution in [0.15, 0.2) is 138 Å². The van der Waals surface area contributed by atoms with Gasteiger partial charge in [0.25, 0.3) is 0 Å². The minimum Gasteiger partial charge on any atom is -0.456 e. The second-order valence-electron chi connectivity index (χ2n) is 13.1. The second-order valence-corrected chi connectivity index (χ2v) is 13.1. The summed E-state index contributed by atoms with van der Waals surface area (Å²) in [5.41, 5.74) is 14.8. The highest BCUT2D eigenvalue weighted by Gasteiger charge is 2.21. The molecule has 0 unspecified atom stereocenters. The summed E-state index contributed by atoms with van der Waals surface area (Å²) in [6.07, 6.45) is 13.9. The van der Waals surface area contributed by atoms with Crippen LogP contribution in [0.1, 0.15) is 35.1 Å². The maximum absolute atomic E-state index is 6.48. The third-order valence-corrected chi connectivity index (χ3v) is 10.2. The van der Waals surface area contributed by atoms with E-state index in [1.807, 2.05) is 24.3 Å². The summed E-state index contributed by atoms with van der Waals surface area (Å²) in [7, 11) is 0. The van der Waals surface area contributed by atoms with E-state index in [0.717, 1.165) is 75.7 Å². The van der Waals surface area contributed by atoms with Crippen molar-refractivity contribution in [1.29, 1.82) is 0 Å². The van der Waals surface area contributed by atoms with Crippen LogP contribution in [0.4, 0.5) is 0 Å². The highest BCUT2D eigenvalue weighted by molar-refractivity contribution is 6.13. The molecule has 2 heterocycles. The van der Waals surface area contributed by atoms with Gasteiger partial charge in [0.05, 0.1) is 11.4 Å². The lowest BCUT2D eigenvalue weighted by atomic mass is 9.80. The van der Waals surface area contributed by atoms with Crippen molar-refractivity contribution in [2.24, 2.45) is 0 Å². The molecule has 3 nitrogen and oxygen atoms in total. The van der Waals surface area contributed by atoms with Gasteiger partial charge in [-0.1, -0.05) is 115 Å². The van der Waals surface area contributed by atoms with E-state index in [9.17, 15) is 0 Å². The maximum Gasteiger partial charge on any atom is 0.160 e. The number of hydrogen-bond donors (Lipinski definition) is 0. The van der Waals surface area contributed by atoms with Crippen LogP contribution in [0, 0.1) is 0 Å². The van der Waals surface area contributed by atoms with E-state index >= 15 is 0 Å². The summed E-state index contributed by atoms with van der Waals surface area (Å²) >= 11 is 0. The van der Waals surface area contributed by atoms with Gasteiger partial charge in [-0.25, -0.2) is 9.97 Å². The fourth-order valence-electron chi connectivity index (χ4n) is 7.92. The monoisotopic (exact) mass is 628 g/mol. The van der Waals surface area contributed by atoms with E-state index in [2.05, 4.69) is 121 Å². The van der Waals surface area contributed by atoms with Gasteiger partial charge in [-0.15, -0.1) is 0 Å². The minimum absolute atomic E-state index is 0.702. The Kier molecular flexibility index (Phi) is 6.45. The number of aromatic nitrogens is 2. The second kappa shape index (κ2) is 11.3. The molecule has 0 N–H and O–H groups in total. The van der Waals surface area contributed by atoms with Gasteiger partial charge >= 0.3 is 0 Å². The Balaban J connectivity index is 1.17. The molecule has 2 aliphatic rings. The molecule has 2 aliphatic carbocycles. The SMILES string of the molecule is C1=Cc2c(c3c(c4cc(-c5ccc6oc7cccc(-c8cc(-c9ccccc9)nc(-c9ccccc9)n8)c7c6c5)ccc24)C=CCC3)CC1. The molecular weight excluding hydrogens is 597 g/mol. The van der Waals surface area contributed by atoms with E-state index in [0.29, 0.717) is 5.82 Å². The molecule has 0 amide bonds. The molecule has 0 aliphatic heterocycles. The van der Waals surface area contributed by atoms with Crippen molar-refractivity contribution < 1.29 is 4.42 Å². The van der Waals surface area contributed by atoms with Crippen LogP contribution in [-0.4, -0.2) is 9.97 Å². The highest BCUT2D eigenvalue weighted by atomic mass is 16.3. The normalized spacial score (nSPS) is 13.6. The van der Waals surface area contributed by atoms with E-state index in [1.54, 1.807) is 11.1 Å². The molecule has 49 heavy (non-hydrogen) atoms. The van der Waals surface area contributed by atoms with Gasteiger partial charge in [-0.05, 0) is 100 Å².